The number of hydrogen-bond donors (Lipinski definition) is 3. The minimum absolute atomic E-state index is 0.00631. The summed E-state index contributed by atoms with van der Waals surface area (Å²) in [5.41, 5.74) is 2.36. The summed E-state index contributed by atoms with van der Waals surface area (Å²) in [6, 6.07) is 10.7. The lowest BCUT2D eigenvalue weighted by Gasteiger charge is -2.34. The highest BCUT2D eigenvalue weighted by Crippen LogP contribution is 2.33. The molecule has 0 radical (unpaired) electrons. The molecule has 39 heavy (non-hydrogen) atoms. The number of hydrogen-bond acceptors (Lipinski definition) is 7. The average molecular weight is 541 g/mol. The third-order valence-electron chi connectivity index (χ3n) is 6.98. The molecule has 0 bridgehead atoms. The topological polar surface area (TPSA) is 113 Å². The number of ether oxygens (including phenoxy) is 3. The van der Waals surface area contributed by atoms with E-state index in [2.05, 4.69) is 22.5 Å². The number of benzene rings is 2. The molecule has 0 aromatic heterocycles. The molecule has 3 N–H and O–H groups in total. The van der Waals surface area contributed by atoms with Crippen LogP contribution in [0.15, 0.2) is 36.4 Å². The van der Waals surface area contributed by atoms with Gasteiger partial charge in [-0.1, -0.05) is 13.0 Å². The molecule has 3 amide bonds. The maximum Gasteiger partial charge on any atom is 0.319 e. The van der Waals surface area contributed by atoms with Gasteiger partial charge >= 0.3 is 6.03 Å². The van der Waals surface area contributed by atoms with Crippen LogP contribution in [-0.2, 0) is 17.8 Å². The number of fused-ring (bicyclic) bond motifs is 2. The first kappa shape index (κ1) is 28.5. The summed E-state index contributed by atoms with van der Waals surface area (Å²) < 4.78 is 17.5. The number of nitrogens with one attached hydrogen (secondary N) is 2. The average Bonchev–Trinajstić information content (AvgIpc) is 3.35. The molecule has 0 fully saturated rings. The van der Waals surface area contributed by atoms with E-state index in [9.17, 15) is 14.7 Å². The smallest absolute Gasteiger partial charge is 0.319 e. The number of carbonyl (C=O) groups is 2. The lowest BCUT2D eigenvalue weighted by molar-refractivity contribution is -0.134. The molecule has 10 heteroatoms. The van der Waals surface area contributed by atoms with Crippen molar-refractivity contribution in [2.45, 2.75) is 58.8 Å². The summed E-state index contributed by atoms with van der Waals surface area (Å²) in [6.45, 7) is 9.55. The van der Waals surface area contributed by atoms with E-state index in [1.165, 1.54) is 0 Å². The molecule has 212 valence electrons. The molecular formula is C29H40N4O6. The van der Waals surface area contributed by atoms with Crippen LogP contribution in [0, 0.1) is 5.92 Å². The van der Waals surface area contributed by atoms with Gasteiger partial charge in [-0.05, 0) is 63.7 Å². The zero-order valence-corrected chi connectivity index (χ0v) is 23.4. The molecule has 0 saturated carbocycles. The number of aliphatic hydroxyl groups excluding tert-OH is 1. The number of anilines is 1. The monoisotopic (exact) mass is 540 g/mol. The van der Waals surface area contributed by atoms with Crippen molar-refractivity contribution < 1.29 is 28.9 Å². The molecule has 2 heterocycles. The number of likely N-dealkylation sites (N-methyl/N-ethyl adjacent to an activating group) is 1. The number of amides is 3. The molecule has 0 saturated heterocycles. The molecule has 4 rings (SSSR count). The first-order chi connectivity index (χ1) is 18.6. The van der Waals surface area contributed by atoms with Gasteiger partial charge in [-0.3, -0.25) is 9.69 Å². The van der Waals surface area contributed by atoms with Crippen molar-refractivity contribution in [1.29, 1.82) is 0 Å². The van der Waals surface area contributed by atoms with Crippen molar-refractivity contribution in [1.82, 2.24) is 15.1 Å². The van der Waals surface area contributed by atoms with Crippen LogP contribution >= 0.6 is 0 Å². The van der Waals surface area contributed by atoms with Gasteiger partial charge in [0.15, 0.2) is 11.5 Å². The molecule has 3 atom stereocenters. The Kier molecular flexibility index (Phi) is 9.19. The second-order valence-corrected chi connectivity index (χ2v) is 10.8. The Labute approximate surface area is 230 Å². The van der Waals surface area contributed by atoms with Gasteiger partial charge in [0.2, 0.25) is 12.7 Å². The maximum absolute atomic E-state index is 13.4. The zero-order valence-electron chi connectivity index (χ0n) is 23.4. The fourth-order valence-corrected chi connectivity index (χ4v) is 4.88. The van der Waals surface area contributed by atoms with Gasteiger partial charge < -0.3 is 34.9 Å². The standard InChI is InChI=1S/C29H40N4O6/c1-18(2)30-29(36)31-23-7-9-24-22(11-23)12-28(35)33(20(4)16-34)13-19(3)27(39-24)15-32(5)14-21-6-8-25-26(10-21)38-17-37-25/h6-11,18-20,27,34H,12-17H2,1-5H3,(H2,30,31,36)/t19-,20-,27+/m0/s1. The molecule has 2 aliphatic rings. The van der Waals surface area contributed by atoms with Crippen LogP contribution in [0.3, 0.4) is 0 Å². The Hall–Kier alpha value is -3.50. The SMILES string of the molecule is CC(C)NC(=O)Nc1ccc2c(c1)CC(=O)N([C@@H](C)CO)C[C@H](C)[C@@H](CN(C)Cc1ccc3c(c1)OCO3)O2. The number of nitrogens with zero attached hydrogens (tertiary/aromatic N) is 2. The van der Waals surface area contributed by atoms with Gasteiger partial charge in [0.1, 0.15) is 11.9 Å². The Bertz CT molecular complexity index is 1170. The minimum Gasteiger partial charge on any atom is -0.488 e. The number of rotatable bonds is 8. The molecule has 2 aliphatic heterocycles. The van der Waals surface area contributed by atoms with Gasteiger partial charge in [-0.25, -0.2) is 4.79 Å². The normalized spacial score (nSPS) is 19.6. The van der Waals surface area contributed by atoms with E-state index in [1.54, 1.807) is 17.0 Å². The third kappa shape index (κ3) is 7.33. The van der Waals surface area contributed by atoms with Crippen LogP contribution in [0.4, 0.5) is 10.5 Å². The van der Waals surface area contributed by atoms with E-state index >= 15 is 0 Å². The second-order valence-electron chi connectivity index (χ2n) is 10.8. The molecule has 2 aromatic carbocycles. The first-order valence-corrected chi connectivity index (χ1v) is 13.5. The lowest BCUT2D eigenvalue weighted by atomic mass is 10.0. The molecule has 2 aromatic rings. The van der Waals surface area contributed by atoms with E-state index in [1.807, 2.05) is 52.1 Å². The first-order valence-electron chi connectivity index (χ1n) is 13.5. The van der Waals surface area contributed by atoms with E-state index in [0.717, 1.165) is 17.1 Å². The van der Waals surface area contributed by atoms with Crippen molar-refractivity contribution in [3.05, 3.63) is 47.5 Å². The van der Waals surface area contributed by atoms with Crippen LogP contribution in [0.25, 0.3) is 0 Å². The zero-order chi connectivity index (χ0) is 28.1. The largest absolute Gasteiger partial charge is 0.488 e. The summed E-state index contributed by atoms with van der Waals surface area (Å²) in [5, 5.41) is 15.5. The quantitative estimate of drug-likeness (QED) is 0.471. The van der Waals surface area contributed by atoms with Gasteiger partial charge in [0.25, 0.3) is 0 Å². The predicted octanol–water partition coefficient (Wildman–Crippen LogP) is 3.23. The summed E-state index contributed by atoms with van der Waals surface area (Å²) >= 11 is 0. The Balaban J connectivity index is 1.56. The number of urea groups is 1. The summed E-state index contributed by atoms with van der Waals surface area (Å²) in [6.07, 6.45) is -0.127. The van der Waals surface area contributed by atoms with Gasteiger partial charge in [-0.2, -0.15) is 0 Å². The van der Waals surface area contributed by atoms with E-state index in [-0.39, 0.29) is 55.9 Å². The van der Waals surface area contributed by atoms with Crippen LogP contribution in [0.2, 0.25) is 0 Å². The van der Waals surface area contributed by atoms with Crippen molar-refractivity contribution >= 4 is 17.6 Å². The second kappa shape index (κ2) is 12.6. The van der Waals surface area contributed by atoms with Crippen molar-refractivity contribution in [3.63, 3.8) is 0 Å². The van der Waals surface area contributed by atoms with Crippen LogP contribution < -0.4 is 24.8 Å². The van der Waals surface area contributed by atoms with Gasteiger partial charge in [0.05, 0.1) is 19.1 Å². The Morgan fingerprint density at radius 1 is 1.13 bits per heavy atom. The highest BCUT2D eigenvalue weighted by atomic mass is 16.7. The summed E-state index contributed by atoms with van der Waals surface area (Å²) in [4.78, 5) is 29.6. The molecule has 0 unspecified atom stereocenters. The van der Waals surface area contributed by atoms with Crippen molar-refractivity contribution in [2.75, 3.05) is 38.9 Å². The fourth-order valence-electron chi connectivity index (χ4n) is 4.88. The van der Waals surface area contributed by atoms with Crippen molar-refractivity contribution in [2.24, 2.45) is 5.92 Å². The molecular weight excluding hydrogens is 500 g/mol. The van der Waals surface area contributed by atoms with Gasteiger partial charge in [0, 0.05) is 42.8 Å². The maximum atomic E-state index is 13.4. The third-order valence-corrected chi connectivity index (χ3v) is 6.98. The fraction of sp³-hybridized carbons (Fsp3) is 0.517. The molecule has 0 spiro atoms. The van der Waals surface area contributed by atoms with Crippen LogP contribution in [0.5, 0.6) is 17.2 Å². The van der Waals surface area contributed by atoms with Crippen LogP contribution in [-0.4, -0.2) is 78.6 Å². The molecule has 0 aliphatic carbocycles. The van der Waals surface area contributed by atoms with E-state index < -0.39 is 0 Å². The predicted molar refractivity (Wildman–Crippen MR) is 148 cm³/mol. The van der Waals surface area contributed by atoms with Crippen molar-refractivity contribution in [3.8, 4) is 17.2 Å². The summed E-state index contributed by atoms with van der Waals surface area (Å²) in [5.74, 6) is 2.02. The lowest BCUT2D eigenvalue weighted by Crippen LogP contribution is -2.47. The van der Waals surface area contributed by atoms with Crippen LogP contribution in [0.1, 0.15) is 38.8 Å². The van der Waals surface area contributed by atoms with Gasteiger partial charge in [-0.15, -0.1) is 0 Å². The highest BCUT2D eigenvalue weighted by Gasteiger charge is 2.31. The number of carbonyl (C=O) groups excluding carboxylic acids is 2. The highest BCUT2D eigenvalue weighted by molar-refractivity contribution is 5.90. The Morgan fingerprint density at radius 3 is 2.62 bits per heavy atom. The number of aliphatic hydroxyl groups is 1. The minimum atomic E-state index is -0.327. The molecule has 10 nitrogen and oxygen atoms in total. The van der Waals surface area contributed by atoms with E-state index in [0.29, 0.717) is 36.6 Å². The Morgan fingerprint density at radius 2 is 1.87 bits per heavy atom. The summed E-state index contributed by atoms with van der Waals surface area (Å²) in [7, 11) is 2.04. The van der Waals surface area contributed by atoms with E-state index in [4.69, 9.17) is 14.2 Å².